The Morgan fingerprint density at radius 3 is 2.10 bits per heavy atom. The van der Waals surface area contributed by atoms with Gasteiger partial charge in [-0.1, -0.05) is 58.4 Å². The van der Waals surface area contributed by atoms with Crippen LogP contribution in [0.15, 0.2) is 18.2 Å². The van der Waals surface area contributed by atoms with Crippen molar-refractivity contribution in [3.63, 3.8) is 0 Å². The van der Waals surface area contributed by atoms with E-state index in [4.69, 9.17) is 16.3 Å². The van der Waals surface area contributed by atoms with Crippen LogP contribution in [0.25, 0.3) is 0 Å². The van der Waals surface area contributed by atoms with Gasteiger partial charge in [-0.3, -0.25) is 4.79 Å². The fourth-order valence-electron chi connectivity index (χ4n) is 3.53. The lowest BCUT2D eigenvalue weighted by Crippen LogP contribution is -2.54. The minimum atomic E-state index is -1.39. The quantitative estimate of drug-likeness (QED) is 0.484. The lowest BCUT2D eigenvalue weighted by atomic mass is 9.74. The summed E-state index contributed by atoms with van der Waals surface area (Å²) in [6.45, 7) is 18.2. The van der Waals surface area contributed by atoms with Gasteiger partial charge in [0.2, 0.25) is 0 Å². The number of rotatable bonds is 8. The van der Waals surface area contributed by atoms with Crippen molar-refractivity contribution in [3.8, 4) is 0 Å². The van der Waals surface area contributed by atoms with Crippen LogP contribution in [-0.4, -0.2) is 22.0 Å². The molecule has 30 heavy (non-hydrogen) atoms. The summed E-state index contributed by atoms with van der Waals surface area (Å²) in [5.74, 6) is -0.907. The van der Waals surface area contributed by atoms with Crippen LogP contribution in [0, 0.1) is 17.3 Å². The minimum absolute atomic E-state index is 0.0359. The summed E-state index contributed by atoms with van der Waals surface area (Å²) in [6.07, 6.45) is 1.90. The molecule has 0 heterocycles. The highest BCUT2D eigenvalue weighted by molar-refractivity contribution is 7.84. The molecule has 1 rings (SSSR count). The van der Waals surface area contributed by atoms with Gasteiger partial charge in [-0.2, -0.15) is 0 Å². The predicted octanol–water partition coefficient (Wildman–Crippen LogP) is 6.03. The van der Waals surface area contributed by atoms with Gasteiger partial charge in [0, 0.05) is 5.02 Å². The van der Waals surface area contributed by atoms with E-state index in [0.29, 0.717) is 5.02 Å². The van der Waals surface area contributed by atoms with Crippen molar-refractivity contribution in [2.75, 3.05) is 7.11 Å². The normalized spacial score (nSPS) is 16.8. The van der Waals surface area contributed by atoms with Crippen LogP contribution in [0.3, 0.4) is 0 Å². The standard InChI is InChI=1S/C24H40ClNO3S/c1-16(2)20(21(27)29-10)24(9,26-30(28)23(6,7)8)18-12-11-17(19(25)15-18)13-14-22(3,4)5/h11-12,15-16,20,26H,13-14H2,1-10H3. The maximum Gasteiger partial charge on any atom is 0.311 e. The molecule has 0 aromatic heterocycles. The van der Waals surface area contributed by atoms with E-state index in [0.717, 1.165) is 24.0 Å². The fraction of sp³-hybridized carbons (Fsp3) is 0.708. The van der Waals surface area contributed by atoms with Crippen LogP contribution in [0.5, 0.6) is 0 Å². The number of carbonyl (C=O) groups excluding carboxylic acids is 1. The molecular weight excluding hydrogens is 418 g/mol. The van der Waals surface area contributed by atoms with Gasteiger partial charge >= 0.3 is 5.97 Å². The van der Waals surface area contributed by atoms with Gasteiger partial charge in [-0.15, -0.1) is 0 Å². The molecule has 0 fully saturated rings. The molecule has 0 amide bonds. The molecule has 1 N–H and O–H groups in total. The molecule has 6 heteroatoms. The number of aryl methyl sites for hydroxylation is 1. The van der Waals surface area contributed by atoms with Gasteiger partial charge in [0.05, 0.1) is 34.3 Å². The van der Waals surface area contributed by atoms with Gasteiger partial charge in [-0.05, 0) is 69.1 Å². The third-order valence-corrected chi connectivity index (χ3v) is 7.48. The first-order valence-electron chi connectivity index (χ1n) is 10.6. The van der Waals surface area contributed by atoms with Crippen LogP contribution in [0.2, 0.25) is 5.02 Å². The van der Waals surface area contributed by atoms with Gasteiger partial charge in [-0.25, -0.2) is 8.93 Å². The molecule has 3 unspecified atom stereocenters. The number of benzene rings is 1. The fourth-order valence-corrected chi connectivity index (χ4v) is 4.74. The Morgan fingerprint density at radius 2 is 1.70 bits per heavy atom. The van der Waals surface area contributed by atoms with Gasteiger partial charge < -0.3 is 4.74 Å². The molecule has 0 saturated carbocycles. The molecule has 1 aromatic rings. The largest absolute Gasteiger partial charge is 0.469 e. The number of hydrogen-bond acceptors (Lipinski definition) is 3. The summed E-state index contributed by atoms with van der Waals surface area (Å²) >= 11 is 6.67. The minimum Gasteiger partial charge on any atom is -0.469 e. The Hall–Kier alpha value is -0.910. The average molecular weight is 458 g/mol. The molecule has 0 spiro atoms. The van der Waals surface area contributed by atoms with E-state index in [1.165, 1.54) is 7.11 Å². The zero-order valence-electron chi connectivity index (χ0n) is 20.3. The molecule has 1 aromatic carbocycles. The Kier molecular flexibility index (Phi) is 9.17. The van der Waals surface area contributed by atoms with Gasteiger partial charge in [0.1, 0.15) is 0 Å². The van der Waals surface area contributed by atoms with Crippen molar-refractivity contribution < 1.29 is 13.7 Å². The van der Waals surface area contributed by atoms with Crippen LogP contribution >= 0.6 is 11.6 Å². The van der Waals surface area contributed by atoms with Crippen LogP contribution in [-0.2, 0) is 32.5 Å². The topological polar surface area (TPSA) is 55.4 Å². The molecule has 0 aliphatic rings. The second kappa shape index (κ2) is 10.1. The number of methoxy groups -OCH3 is 1. The number of hydrogen-bond donors (Lipinski definition) is 1. The lowest BCUT2D eigenvalue weighted by Gasteiger charge is -2.40. The number of esters is 1. The van der Waals surface area contributed by atoms with Crippen molar-refractivity contribution in [2.45, 2.75) is 85.4 Å². The zero-order valence-corrected chi connectivity index (χ0v) is 21.9. The van der Waals surface area contributed by atoms with Crippen LogP contribution < -0.4 is 4.72 Å². The van der Waals surface area contributed by atoms with Crippen molar-refractivity contribution >= 4 is 28.6 Å². The third kappa shape index (κ3) is 7.06. The van der Waals surface area contributed by atoms with E-state index in [9.17, 15) is 9.00 Å². The third-order valence-electron chi connectivity index (χ3n) is 5.40. The molecule has 0 bridgehead atoms. The summed E-state index contributed by atoms with van der Waals surface area (Å²) in [5, 5.41) is 0.665. The zero-order chi connectivity index (χ0) is 23.5. The van der Waals surface area contributed by atoms with E-state index in [1.807, 2.05) is 59.7 Å². The first-order valence-corrected chi connectivity index (χ1v) is 12.1. The smallest absolute Gasteiger partial charge is 0.311 e. The second-order valence-corrected chi connectivity index (χ2v) is 13.2. The molecule has 3 atom stereocenters. The number of halogens is 1. The van der Waals surface area contributed by atoms with E-state index >= 15 is 0 Å². The Labute approximate surface area is 191 Å². The number of nitrogens with one attached hydrogen (secondary N) is 1. The van der Waals surface area contributed by atoms with E-state index in [2.05, 4.69) is 25.5 Å². The highest BCUT2D eigenvalue weighted by Crippen LogP contribution is 2.38. The maximum absolute atomic E-state index is 13.1. The average Bonchev–Trinajstić information content (AvgIpc) is 2.58. The van der Waals surface area contributed by atoms with Crippen molar-refractivity contribution in [3.05, 3.63) is 34.3 Å². The summed E-state index contributed by atoms with van der Waals surface area (Å²) in [6, 6.07) is 5.93. The number of ether oxygens (including phenoxy) is 1. The predicted molar refractivity (Wildman–Crippen MR) is 128 cm³/mol. The molecule has 0 aliphatic carbocycles. The molecular formula is C24H40ClNO3S. The Balaban J connectivity index is 3.49. The molecule has 4 nitrogen and oxygen atoms in total. The maximum atomic E-state index is 13.1. The SMILES string of the molecule is COC(=O)C(C(C)C)C(C)(NS(=O)C(C)(C)C)c1ccc(CCC(C)(C)C)c(Cl)c1. The number of carbonyl (C=O) groups is 1. The lowest BCUT2D eigenvalue weighted by molar-refractivity contribution is -0.150. The Bertz CT molecular complexity index is 765. The molecule has 0 aliphatic heterocycles. The highest BCUT2D eigenvalue weighted by atomic mass is 35.5. The first-order chi connectivity index (χ1) is 13.5. The summed E-state index contributed by atoms with van der Waals surface area (Å²) in [4.78, 5) is 12.8. The van der Waals surface area contributed by atoms with E-state index < -0.39 is 27.2 Å². The molecule has 0 radical (unpaired) electrons. The van der Waals surface area contributed by atoms with E-state index in [1.54, 1.807) is 0 Å². The van der Waals surface area contributed by atoms with Crippen LogP contribution in [0.4, 0.5) is 0 Å². The van der Waals surface area contributed by atoms with Gasteiger partial charge in [0.25, 0.3) is 0 Å². The highest BCUT2D eigenvalue weighted by Gasteiger charge is 2.45. The first kappa shape index (κ1) is 27.1. The monoisotopic (exact) mass is 457 g/mol. The molecule has 172 valence electrons. The second-order valence-electron chi connectivity index (χ2n) is 10.8. The van der Waals surface area contributed by atoms with Crippen molar-refractivity contribution in [1.29, 1.82) is 0 Å². The Morgan fingerprint density at radius 1 is 1.13 bits per heavy atom. The van der Waals surface area contributed by atoms with E-state index in [-0.39, 0.29) is 17.3 Å². The summed E-state index contributed by atoms with van der Waals surface area (Å²) < 4.78 is 21.0. The summed E-state index contributed by atoms with van der Waals surface area (Å²) in [5.41, 5.74) is 1.21. The summed E-state index contributed by atoms with van der Waals surface area (Å²) in [7, 11) is -0.000583. The van der Waals surface area contributed by atoms with Crippen LogP contribution in [0.1, 0.15) is 79.9 Å². The van der Waals surface area contributed by atoms with Crippen molar-refractivity contribution in [1.82, 2.24) is 4.72 Å². The van der Waals surface area contributed by atoms with Gasteiger partial charge in [0.15, 0.2) is 0 Å². The molecule has 0 saturated heterocycles. The van der Waals surface area contributed by atoms with Crippen molar-refractivity contribution in [2.24, 2.45) is 17.3 Å².